The normalized spacial score (nSPS) is 26.0. The van der Waals surface area contributed by atoms with Crippen molar-refractivity contribution in [1.82, 2.24) is 0 Å². The Morgan fingerprint density at radius 1 is 1.14 bits per heavy atom. The lowest BCUT2D eigenvalue weighted by molar-refractivity contribution is -0.146. The first-order chi connectivity index (χ1) is 10.7. The summed E-state index contributed by atoms with van der Waals surface area (Å²) >= 11 is 0. The number of carbonyl (C=O) groups excluding carboxylic acids is 2. The Morgan fingerprint density at radius 2 is 1.82 bits per heavy atom. The molecule has 2 saturated heterocycles. The molecule has 2 aliphatic rings. The summed E-state index contributed by atoms with van der Waals surface area (Å²) in [5.74, 6) is -0.404. The van der Waals surface area contributed by atoms with Gasteiger partial charge in [-0.1, -0.05) is 0 Å². The van der Waals surface area contributed by atoms with Crippen molar-refractivity contribution in [2.45, 2.75) is 70.5 Å². The number of esters is 1. The molecule has 5 heteroatoms. The molecule has 0 spiro atoms. The summed E-state index contributed by atoms with van der Waals surface area (Å²) in [5, 5.41) is 0. The molecule has 0 aromatic rings. The van der Waals surface area contributed by atoms with E-state index >= 15 is 0 Å². The van der Waals surface area contributed by atoms with Gasteiger partial charge in [0, 0.05) is 25.6 Å². The van der Waals surface area contributed by atoms with Crippen LogP contribution in [0, 0.1) is 5.92 Å². The second-order valence-corrected chi connectivity index (χ2v) is 6.22. The van der Waals surface area contributed by atoms with Crippen LogP contribution in [0.1, 0.15) is 58.3 Å². The van der Waals surface area contributed by atoms with Gasteiger partial charge in [-0.05, 0) is 45.4 Å². The summed E-state index contributed by atoms with van der Waals surface area (Å²) in [6.45, 7) is 3.71. The lowest BCUT2D eigenvalue weighted by Gasteiger charge is -2.19. The minimum absolute atomic E-state index is 0.117. The fourth-order valence-electron chi connectivity index (χ4n) is 3.28. The number of rotatable bonds is 9. The highest BCUT2D eigenvalue weighted by Crippen LogP contribution is 2.25. The highest BCUT2D eigenvalue weighted by molar-refractivity contribution is 5.85. The number of hydrogen-bond acceptors (Lipinski definition) is 5. The second-order valence-electron chi connectivity index (χ2n) is 6.22. The molecule has 0 amide bonds. The number of ketones is 1. The Kier molecular flexibility index (Phi) is 7.33. The zero-order chi connectivity index (χ0) is 15.8. The highest BCUT2D eigenvalue weighted by Gasteiger charge is 2.29. The summed E-state index contributed by atoms with van der Waals surface area (Å²) in [6.07, 6.45) is 6.56. The van der Waals surface area contributed by atoms with Crippen LogP contribution in [0.3, 0.4) is 0 Å². The van der Waals surface area contributed by atoms with Gasteiger partial charge in [0.15, 0.2) is 0 Å². The first kappa shape index (κ1) is 17.4. The van der Waals surface area contributed by atoms with Crippen molar-refractivity contribution >= 4 is 11.8 Å². The summed E-state index contributed by atoms with van der Waals surface area (Å²) in [4.78, 5) is 24.3. The van der Waals surface area contributed by atoms with Gasteiger partial charge >= 0.3 is 5.97 Å². The summed E-state index contributed by atoms with van der Waals surface area (Å²) < 4.78 is 16.2. The molecule has 0 N–H and O–H groups in total. The van der Waals surface area contributed by atoms with E-state index < -0.39 is 0 Å². The molecule has 2 fully saturated rings. The minimum atomic E-state index is -0.282. The maximum absolute atomic E-state index is 12.5. The van der Waals surface area contributed by atoms with Crippen molar-refractivity contribution in [1.29, 1.82) is 0 Å². The Labute approximate surface area is 132 Å². The van der Waals surface area contributed by atoms with Crippen LogP contribution in [0.25, 0.3) is 0 Å². The molecule has 126 valence electrons. The second kappa shape index (κ2) is 9.26. The standard InChI is InChI=1S/C17H28O5/c1-2-20-17(19)12-13(11-15-6-4-10-22-15)16(18)8-7-14-5-3-9-21-14/h13-15H,2-12H2,1H3. The molecule has 0 aromatic heterocycles. The molecular formula is C17H28O5. The molecule has 0 aliphatic carbocycles. The van der Waals surface area contributed by atoms with Gasteiger partial charge in [-0.15, -0.1) is 0 Å². The SMILES string of the molecule is CCOC(=O)CC(CC1CCCO1)C(=O)CCC1CCCO1. The molecule has 2 aliphatic heterocycles. The van der Waals surface area contributed by atoms with Crippen LogP contribution >= 0.6 is 0 Å². The van der Waals surface area contributed by atoms with Crippen molar-refractivity contribution < 1.29 is 23.8 Å². The van der Waals surface area contributed by atoms with Crippen LogP contribution < -0.4 is 0 Å². The van der Waals surface area contributed by atoms with E-state index in [-0.39, 0.29) is 36.3 Å². The van der Waals surface area contributed by atoms with Gasteiger partial charge in [-0.25, -0.2) is 0 Å². The number of Topliss-reactive ketones (excluding diaryl/α,β-unsaturated/α-hetero) is 1. The van der Waals surface area contributed by atoms with E-state index in [1.807, 2.05) is 0 Å². The monoisotopic (exact) mass is 312 g/mol. The fraction of sp³-hybridized carbons (Fsp3) is 0.882. The van der Waals surface area contributed by atoms with E-state index in [1.54, 1.807) is 6.92 Å². The van der Waals surface area contributed by atoms with Crippen molar-refractivity contribution in [2.24, 2.45) is 5.92 Å². The van der Waals surface area contributed by atoms with Crippen LogP contribution in [-0.2, 0) is 23.8 Å². The summed E-state index contributed by atoms with van der Waals surface area (Å²) in [6, 6.07) is 0. The van der Waals surface area contributed by atoms with Crippen LogP contribution in [0.5, 0.6) is 0 Å². The van der Waals surface area contributed by atoms with Crippen LogP contribution in [0.4, 0.5) is 0 Å². The predicted octanol–water partition coefficient (Wildman–Crippen LogP) is 2.65. The topological polar surface area (TPSA) is 61.8 Å². The molecule has 2 heterocycles. The molecular weight excluding hydrogens is 284 g/mol. The van der Waals surface area contributed by atoms with Crippen LogP contribution in [-0.4, -0.2) is 43.8 Å². The van der Waals surface area contributed by atoms with E-state index in [4.69, 9.17) is 14.2 Å². The van der Waals surface area contributed by atoms with E-state index in [1.165, 1.54) is 0 Å². The molecule has 3 atom stereocenters. The van der Waals surface area contributed by atoms with Crippen molar-refractivity contribution in [3.8, 4) is 0 Å². The average molecular weight is 312 g/mol. The third-order valence-electron chi connectivity index (χ3n) is 4.48. The highest BCUT2D eigenvalue weighted by atomic mass is 16.5. The Morgan fingerprint density at radius 3 is 2.41 bits per heavy atom. The largest absolute Gasteiger partial charge is 0.466 e. The minimum Gasteiger partial charge on any atom is -0.466 e. The van der Waals surface area contributed by atoms with Gasteiger partial charge in [-0.2, -0.15) is 0 Å². The zero-order valence-electron chi connectivity index (χ0n) is 13.6. The molecule has 0 radical (unpaired) electrons. The first-order valence-electron chi connectivity index (χ1n) is 8.60. The van der Waals surface area contributed by atoms with Gasteiger partial charge in [0.1, 0.15) is 5.78 Å². The first-order valence-corrected chi connectivity index (χ1v) is 8.60. The van der Waals surface area contributed by atoms with Gasteiger partial charge < -0.3 is 14.2 Å². The lowest BCUT2D eigenvalue weighted by Crippen LogP contribution is -2.25. The predicted molar refractivity (Wildman–Crippen MR) is 81.5 cm³/mol. The fourth-order valence-corrected chi connectivity index (χ4v) is 3.28. The quantitative estimate of drug-likeness (QED) is 0.613. The molecule has 0 saturated carbocycles. The molecule has 5 nitrogen and oxygen atoms in total. The summed E-state index contributed by atoms with van der Waals surface area (Å²) in [7, 11) is 0. The zero-order valence-corrected chi connectivity index (χ0v) is 13.6. The lowest BCUT2D eigenvalue weighted by atomic mass is 9.89. The van der Waals surface area contributed by atoms with Crippen LogP contribution in [0.15, 0.2) is 0 Å². The third-order valence-corrected chi connectivity index (χ3v) is 4.48. The van der Waals surface area contributed by atoms with Crippen molar-refractivity contribution in [3.63, 3.8) is 0 Å². The van der Waals surface area contributed by atoms with Gasteiger partial charge in [0.25, 0.3) is 0 Å². The van der Waals surface area contributed by atoms with Gasteiger partial charge in [0.05, 0.1) is 25.2 Å². The van der Waals surface area contributed by atoms with Crippen LogP contribution in [0.2, 0.25) is 0 Å². The smallest absolute Gasteiger partial charge is 0.306 e. The van der Waals surface area contributed by atoms with E-state index in [0.717, 1.165) is 45.3 Å². The van der Waals surface area contributed by atoms with Gasteiger partial charge in [-0.3, -0.25) is 9.59 Å². The van der Waals surface area contributed by atoms with Crippen molar-refractivity contribution in [2.75, 3.05) is 19.8 Å². The number of hydrogen-bond donors (Lipinski definition) is 0. The Balaban J connectivity index is 1.83. The molecule has 22 heavy (non-hydrogen) atoms. The van der Waals surface area contributed by atoms with E-state index in [2.05, 4.69) is 0 Å². The molecule has 0 aromatic carbocycles. The average Bonchev–Trinajstić information content (AvgIpc) is 3.17. The van der Waals surface area contributed by atoms with E-state index in [9.17, 15) is 9.59 Å². The molecule has 0 bridgehead atoms. The molecule has 3 unspecified atom stereocenters. The molecule has 2 rings (SSSR count). The number of carbonyl (C=O) groups is 2. The van der Waals surface area contributed by atoms with Crippen molar-refractivity contribution in [3.05, 3.63) is 0 Å². The Hall–Kier alpha value is -0.940. The summed E-state index contributed by atoms with van der Waals surface area (Å²) in [5.41, 5.74) is 0. The van der Waals surface area contributed by atoms with E-state index in [0.29, 0.717) is 19.4 Å². The maximum atomic E-state index is 12.5. The number of ether oxygens (including phenoxy) is 3. The third kappa shape index (κ3) is 5.69. The van der Waals surface area contributed by atoms with Gasteiger partial charge in [0.2, 0.25) is 0 Å². The maximum Gasteiger partial charge on any atom is 0.306 e. The Bertz CT molecular complexity index is 356.